The van der Waals surface area contributed by atoms with Crippen molar-refractivity contribution >= 4 is 11.7 Å². The number of amides is 1. The van der Waals surface area contributed by atoms with Crippen molar-refractivity contribution < 1.29 is 14.3 Å². The Balaban J connectivity index is 1.74. The average molecular weight is 343 g/mol. The number of carbonyl (C=O) groups is 1. The van der Waals surface area contributed by atoms with Crippen LogP contribution in [0.2, 0.25) is 0 Å². The van der Waals surface area contributed by atoms with Crippen LogP contribution < -0.4 is 10.1 Å². The molecule has 2 aromatic rings. The van der Waals surface area contributed by atoms with E-state index in [9.17, 15) is 4.79 Å². The summed E-state index contributed by atoms with van der Waals surface area (Å²) in [5.74, 6) is 1.71. The zero-order chi connectivity index (χ0) is 17.6. The van der Waals surface area contributed by atoms with Crippen LogP contribution in [-0.2, 0) is 9.53 Å². The Kier molecular flexibility index (Phi) is 5.39. The number of hydrogen-bond acceptors (Lipinski definition) is 7. The van der Waals surface area contributed by atoms with E-state index in [-0.39, 0.29) is 18.6 Å². The fourth-order valence-electron chi connectivity index (χ4n) is 2.65. The van der Waals surface area contributed by atoms with Gasteiger partial charge in [-0.25, -0.2) is 9.97 Å². The molecule has 8 heteroatoms. The monoisotopic (exact) mass is 343 g/mol. The van der Waals surface area contributed by atoms with Crippen LogP contribution in [0.25, 0.3) is 0 Å². The van der Waals surface area contributed by atoms with Gasteiger partial charge in [-0.1, -0.05) is 0 Å². The van der Waals surface area contributed by atoms with Gasteiger partial charge in [-0.3, -0.25) is 9.78 Å². The lowest BCUT2D eigenvalue weighted by atomic mass is 10.2. The van der Waals surface area contributed by atoms with Crippen molar-refractivity contribution in [3.8, 4) is 5.75 Å². The molecule has 0 bridgehead atoms. The number of morpholine rings is 1. The van der Waals surface area contributed by atoms with Gasteiger partial charge in [0, 0.05) is 31.5 Å². The van der Waals surface area contributed by atoms with Crippen LogP contribution in [0.1, 0.15) is 17.6 Å². The average Bonchev–Trinajstić information content (AvgIpc) is 2.66. The van der Waals surface area contributed by atoms with Crippen LogP contribution in [0.5, 0.6) is 5.75 Å². The smallest absolute Gasteiger partial charge is 0.261 e. The molecule has 3 rings (SSSR count). The summed E-state index contributed by atoms with van der Waals surface area (Å²) in [7, 11) is 1.80. The van der Waals surface area contributed by atoms with Crippen molar-refractivity contribution in [1.29, 1.82) is 0 Å². The lowest BCUT2D eigenvalue weighted by Crippen LogP contribution is -2.46. The second kappa shape index (κ2) is 7.89. The molecule has 8 nitrogen and oxygen atoms in total. The number of pyridine rings is 1. The Morgan fingerprint density at radius 3 is 3.12 bits per heavy atom. The van der Waals surface area contributed by atoms with E-state index in [0.29, 0.717) is 37.2 Å². The Bertz CT molecular complexity index is 725. The highest BCUT2D eigenvalue weighted by Gasteiger charge is 2.31. The maximum atomic E-state index is 12.6. The van der Waals surface area contributed by atoms with Gasteiger partial charge in [0.2, 0.25) is 0 Å². The molecule has 3 heterocycles. The van der Waals surface area contributed by atoms with E-state index in [1.165, 1.54) is 0 Å². The molecular weight excluding hydrogens is 322 g/mol. The van der Waals surface area contributed by atoms with Crippen LogP contribution in [0.15, 0.2) is 30.6 Å². The Hall–Kier alpha value is -2.74. The predicted octanol–water partition coefficient (Wildman–Crippen LogP) is 1.20. The van der Waals surface area contributed by atoms with E-state index in [2.05, 4.69) is 20.3 Å². The minimum Gasteiger partial charge on any atom is -0.482 e. The van der Waals surface area contributed by atoms with Crippen LogP contribution in [0, 0.1) is 6.92 Å². The summed E-state index contributed by atoms with van der Waals surface area (Å²) in [5, 5.41) is 3.01. The first-order chi connectivity index (χ1) is 12.2. The van der Waals surface area contributed by atoms with Gasteiger partial charge in [0.1, 0.15) is 17.6 Å². The lowest BCUT2D eigenvalue weighted by molar-refractivity contribution is -0.142. The van der Waals surface area contributed by atoms with Crippen LogP contribution >= 0.6 is 0 Å². The molecular formula is C17H21N5O3. The molecule has 1 atom stereocenters. The van der Waals surface area contributed by atoms with Gasteiger partial charge in [-0.2, -0.15) is 0 Å². The van der Waals surface area contributed by atoms with Gasteiger partial charge in [0.15, 0.2) is 12.4 Å². The Morgan fingerprint density at radius 2 is 2.36 bits per heavy atom. The molecule has 1 unspecified atom stereocenters. The summed E-state index contributed by atoms with van der Waals surface area (Å²) in [6.45, 7) is 3.16. The van der Waals surface area contributed by atoms with E-state index in [0.717, 1.165) is 5.69 Å². The fourth-order valence-corrected chi connectivity index (χ4v) is 2.65. The van der Waals surface area contributed by atoms with Crippen molar-refractivity contribution in [2.75, 3.05) is 38.7 Å². The van der Waals surface area contributed by atoms with Gasteiger partial charge >= 0.3 is 0 Å². The normalized spacial score (nSPS) is 17.2. The Labute approximate surface area is 146 Å². The van der Waals surface area contributed by atoms with Crippen molar-refractivity contribution in [2.24, 2.45) is 0 Å². The van der Waals surface area contributed by atoms with Crippen molar-refractivity contribution in [3.05, 3.63) is 42.1 Å². The molecule has 1 aliphatic rings. The minimum absolute atomic E-state index is 0.0626. The number of rotatable bonds is 5. The number of carbonyl (C=O) groups excluding carboxylic acids is 1. The minimum atomic E-state index is -0.328. The molecule has 0 aliphatic carbocycles. The predicted molar refractivity (Wildman–Crippen MR) is 91.3 cm³/mol. The van der Waals surface area contributed by atoms with Gasteiger partial charge in [0.05, 0.1) is 19.4 Å². The van der Waals surface area contributed by atoms with Gasteiger partial charge in [-0.05, 0) is 19.1 Å². The molecule has 1 saturated heterocycles. The number of nitrogens with one attached hydrogen (secondary N) is 1. The molecule has 132 valence electrons. The van der Waals surface area contributed by atoms with Crippen molar-refractivity contribution in [1.82, 2.24) is 19.9 Å². The van der Waals surface area contributed by atoms with E-state index in [1.807, 2.05) is 13.0 Å². The first kappa shape index (κ1) is 17.1. The molecule has 1 aliphatic heterocycles. The summed E-state index contributed by atoms with van der Waals surface area (Å²) in [4.78, 5) is 27.3. The number of ether oxygens (including phenoxy) is 2. The molecule has 25 heavy (non-hydrogen) atoms. The number of aryl methyl sites for hydroxylation is 1. The topological polar surface area (TPSA) is 89.5 Å². The molecule has 1 amide bonds. The summed E-state index contributed by atoms with van der Waals surface area (Å²) >= 11 is 0. The lowest BCUT2D eigenvalue weighted by Gasteiger charge is -2.34. The Morgan fingerprint density at radius 1 is 1.48 bits per heavy atom. The SMILES string of the molecule is CNc1cc(C)nc(C2COCCN2C(=O)COc2cccnc2)n1. The number of hydrogen-bond donors (Lipinski definition) is 1. The highest BCUT2D eigenvalue weighted by Crippen LogP contribution is 2.23. The highest BCUT2D eigenvalue weighted by molar-refractivity contribution is 5.78. The van der Waals surface area contributed by atoms with Crippen molar-refractivity contribution in [2.45, 2.75) is 13.0 Å². The zero-order valence-electron chi connectivity index (χ0n) is 14.3. The highest BCUT2D eigenvalue weighted by atomic mass is 16.5. The maximum Gasteiger partial charge on any atom is 0.261 e. The van der Waals surface area contributed by atoms with Gasteiger partial charge < -0.3 is 19.7 Å². The summed E-state index contributed by atoms with van der Waals surface area (Å²) in [6, 6.07) is 5.05. The molecule has 0 saturated carbocycles. The quantitative estimate of drug-likeness (QED) is 0.872. The van der Waals surface area contributed by atoms with Crippen LogP contribution in [0.3, 0.4) is 0 Å². The standard InChI is InChI=1S/C17H21N5O3/c1-12-8-15(18-2)21-17(20-12)14-10-24-7-6-22(14)16(23)11-25-13-4-3-5-19-9-13/h3-5,8-9,14H,6-7,10-11H2,1-2H3,(H,18,20,21). The largest absolute Gasteiger partial charge is 0.482 e. The van der Waals surface area contributed by atoms with Gasteiger partial charge in [-0.15, -0.1) is 0 Å². The van der Waals surface area contributed by atoms with Crippen LogP contribution in [-0.4, -0.2) is 59.2 Å². The molecule has 1 N–H and O–H groups in total. The number of aromatic nitrogens is 3. The van der Waals surface area contributed by atoms with Crippen molar-refractivity contribution in [3.63, 3.8) is 0 Å². The first-order valence-corrected chi connectivity index (χ1v) is 8.10. The molecule has 0 spiro atoms. The first-order valence-electron chi connectivity index (χ1n) is 8.10. The summed E-state index contributed by atoms with van der Waals surface area (Å²) < 4.78 is 11.1. The number of anilines is 1. The summed E-state index contributed by atoms with van der Waals surface area (Å²) in [5.41, 5.74) is 0.832. The van der Waals surface area contributed by atoms with E-state index < -0.39 is 0 Å². The van der Waals surface area contributed by atoms with Gasteiger partial charge in [0.25, 0.3) is 5.91 Å². The second-order valence-electron chi connectivity index (χ2n) is 5.66. The third-order valence-electron chi connectivity index (χ3n) is 3.87. The third-order valence-corrected chi connectivity index (χ3v) is 3.87. The van der Waals surface area contributed by atoms with Crippen LogP contribution in [0.4, 0.5) is 5.82 Å². The van der Waals surface area contributed by atoms with E-state index in [4.69, 9.17) is 9.47 Å². The molecule has 1 fully saturated rings. The van der Waals surface area contributed by atoms with E-state index >= 15 is 0 Å². The zero-order valence-corrected chi connectivity index (χ0v) is 14.3. The number of nitrogens with zero attached hydrogens (tertiary/aromatic N) is 4. The summed E-state index contributed by atoms with van der Waals surface area (Å²) in [6.07, 6.45) is 3.23. The molecule has 2 aromatic heterocycles. The van der Waals surface area contributed by atoms with E-state index in [1.54, 1.807) is 36.5 Å². The second-order valence-corrected chi connectivity index (χ2v) is 5.66. The fraction of sp³-hybridized carbons (Fsp3) is 0.412. The molecule has 0 aromatic carbocycles. The third kappa shape index (κ3) is 4.21. The maximum absolute atomic E-state index is 12.6. The molecule has 0 radical (unpaired) electrons.